The number of hydrogen-bond donors (Lipinski definition) is 2. The number of halogens is 1. The Labute approximate surface area is 206 Å². The maximum absolute atomic E-state index is 13.0. The minimum absolute atomic E-state index is 0.0970. The highest BCUT2D eigenvalue weighted by Gasteiger charge is 2.18. The molecule has 0 bridgehead atoms. The predicted octanol–water partition coefficient (Wildman–Crippen LogP) is 5.88. The second kappa shape index (κ2) is 12.4. The minimum Gasteiger partial charge on any atom is -0.324 e. The van der Waals surface area contributed by atoms with Gasteiger partial charge in [0.25, 0.3) is 0 Å². The molecule has 33 heavy (non-hydrogen) atoms. The smallest absolute Gasteiger partial charge is 0.324 e. The average molecular weight is 503 g/mol. The van der Waals surface area contributed by atoms with Crippen molar-refractivity contribution in [2.75, 3.05) is 15.7 Å². The summed E-state index contributed by atoms with van der Waals surface area (Å²) in [4.78, 5) is 38.9. The molecule has 0 aliphatic rings. The molecule has 0 aliphatic heterocycles. The summed E-state index contributed by atoms with van der Waals surface area (Å²) in [6.45, 7) is 6.54. The van der Waals surface area contributed by atoms with Crippen LogP contribution in [0.2, 0.25) is 5.02 Å². The summed E-state index contributed by atoms with van der Waals surface area (Å²) in [7, 11) is 0. The summed E-state index contributed by atoms with van der Waals surface area (Å²) >= 11 is 8.95. The van der Waals surface area contributed by atoms with Gasteiger partial charge < -0.3 is 9.44 Å². The molecular weight excluding hydrogens is 480 g/mol. The number of ketones is 1. The molecule has 1 aromatic carbocycles. The van der Waals surface area contributed by atoms with E-state index in [2.05, 4.69) is 64.4 Å². The van der Waals surface area contributed by atoms with Crippen molar-refractivity contribution in [2.45, 2.75) is 31.1 Å². The van der Waals surface area contributed by atoms with Crippen molar-refractivity contribution in [3.8, 4) is 0 Å². The van der Waals surface area contributed by atoms with Crippen LogP contribution in [0.3, 0.4) is 0 Å². The molecule has 172 valence electrons. The zero-order chi connectivity index (χ0) is 24.4. The maximum Gasteiger partial charge on any atom is 0.373 e. The second-order valence-corrected chi connectivity index (χ2v) is 9.58. The molecule has 0 aliphatic carbocycles. The summed E-state index contributed by atoms with van der Waals surface area (Å²) in [5.74, 6) is 0.340. The summed E-state index contributed by atoms with van der Waals surface area (Å²) in [5, 5.41) is 0.448. The summed E-state index contributed by atoms with van der Waals surface area (Å²) < 4.78 is 6.25. The van der Waals surface area contributed by atoms with Crippen molar-refractivity contribution < 1.29 is 14.4 Å². The first-order valence-electron chi connectivity index (χ1n) is 9.68. The summed E-state index contributed by atoms with van der Waals surface area (Å²) in [6, 6.07) is 15.3. The van der Waals surface area contributed by atoms with Crippen LogP contribution in [0.5, 0.6) is 0 Å². The van der Waals surface area contributed by atoms with Crippen molar-refractivity contribution in [2.24, 2.45) is 0 Å². The molecule has 0 saturated heterocycles. The van der Waals surface area contributed by atoms with E-state index < -0.39 is 0 Å². The lowest BCUT2D eigenvalue weighted by molar-refractivity contribution is -0.191. The van der Waals surface area contributed by atoms with E-state index in [9.17, 15) is 4.79 Å². The number of carbonyl (C=O) groups is 1. The first-order chi connectivity index (χ1) is 15.7. The number of pyridine rings is 2. The molecule has 0 fully saturated rings. The fourth-order valence-electron chi connectivity index (χ4n) is 2.68. The number of carbonyl (C=O) groups excluding carboxylic acids is 3. The lowest BCUT2D eigenvalue weighted by Gasteiger charge is -2.19. The van der Waals surface area contributed by atoms with Crippen LogP contribution in [0.25, 0.3) is 0 Å². The molecule has 0 spiro atoms. The van der Waals surface area contributed by atoms with Crippen LogP contribution in [0, 0.1) is 0 Å². The van der Waals surface area contributed by atoms with Crippen molar-refractivity contribution in [1.29, 1.82) is 0 Å². The fraction of sp³-hybridized carbons (Fsp3) is 0.217. The highest BCUT2D eigenvalue weighted by atomic mass is 35.5. The van der Waals surface area contributed by atoms with Crippen LogP contribution in [-0.4, -0.2) is 28.2 Å². The van der Waals surface area contributed by atoms with E-state index in [4.69, 9.17) is 21.2 Å². The third kappa shape index (κ3) is 7.91. The van der Waals surface area contributed by atoms with Gasteiger partial charge in [-0.1, -0.05) is 62.5 Å². The Balaban J connectivity index is 0.00000122. The van der Waals surface area contributed by atoms with Gasteiger partial charge in [0.2, 0.25) is 5.78 Å². The Morgan fingerprint density at radius 1 is 1.06 bits per heavy atom. The highest BCUT2D eigenvalue weighted by molar-refractivity contribution is 8.00. The van der Waals surface area contributed by atoms with Gasteiger partial charge >= 0.3 is 6.15 Å². The number of benzene rings is 1. The molecule has 10 heteroatoms. The second-order valence-electron chi connectivity index (χ2n) is 7.65. The van der Waals surface area contributed by atoms with Gasteiger partial charge in [-0.15, -0.1) is 0 Å². The zero-order valence-corrected chi connectivity index (χ0v) is 20.9. The molecule has 0 saturated carbocycles. The van der Waals surface area contributed by atoms with E-state index in [-0.39, 0.29) is 23.0 Å². The van der Waals surface area contributed by atoms with Gasteiger partial charge in [0.1, 0.15) is 17.2 Å². The van der Waals surface area contributed by atoms with Gasteiger partial charge in [0.05, 0.1) is 10.7 Å². The Morgan fingerprint density at radius 3 is 2.33 bits per heavy atom. The van der Waals surface area contributed by atoms with Crippen molar-refractivity contribution in [3.63, 3.8) is 0 Å². The number of aromatic nitrogens is 2. The predicted molar refractivity (Wildman–Crippen MR) is 134 cm³/mol. The van der Waals surface area contributed by atoms with E-state index in [0.29, 0.717) is 22.2 Å². The van der Waals surface area contributed by atoms with E-state index in [1.807, 2.05) is 6.26 Å². The maximum atomic E-state index is 13.0. The largest absolute Gasteiger partial charge is 0.373 e. The SMILES string of the molecule is CSNc1cccc(C(=O)c2ncc(Cl)cc2NSc2ccc(C(C)(C)C)cc2)n1.O=C=O. The van der Waals surface area contributed by atoms with Crippen LogP contribution >= 0.6 is 35.5 Å². The fourth-order valence-corrected chi connectivity index (χ4v) is 3.82. The molecule has 0 amide bonds. The standard InChI is InChI=1S/C22H23ClN4OS2.CO2/c1-22(2,3)14-8-10-16(11-9-14)30-26-18-12-15(23)13-24-20(18)21(28)17-6-5-7-19(25-17)27-29-4;2-1-3/h5-13,26H,1-4H3,(H,25,27);. The van der Waals surface area contributed by atoms with E-state index in [1.54, 1.807) is 24.3 Å². The zero-order valence-electron chi connectivity index (χ0n) is 18.5. The van der Waals surface area contributed by atoms with E-state index in [0.717, 1.165) is 4.90 Å². The van der Waals surface area contributed by atoms with Gasteiger partial charge in [0, 0.05) is 17.3 Å². The highest BCUT2D eigenvalue weighted by Crippen LogP contribution is 2.29. The van der Waals surface area contributed by atoms with Crippen LogP contribution < -0.4 is 9.44 Å². The summed E-state index contributed by atoms with van der Waals surface area (Å²) in [5.41, 5.74) is 2.48. The topological polar surface area (TPSA) is 101 Å². The molecular formula is C23H23ClN4O3S2. The van der Waals surface area contributed by atoms with Gasteiger partial charge in [-0.2, -0.15) is 9.59 Å². The Morgan fingerprint density at radius 2 is 1.73 bits per heavy atom. The molecule has 2 aromatic heterocycles. The van der Waals surface area contributed by atoms with Gasteiger partial charge in [-0.25, -0.2) is 9.97 Å². The monoisotopic (exact) mass is 502 g/mol. The van der Waals surface area contributed by atoms with E-state index in [1.165, 1.54) is 35.7 Å². The van der Waals surface area contributed by atoms with Crippen LogP contribution in [0.4, 0.5) is 11.5 Å². The average Bonchev–Trinajstić information content (AvgIpc) is 2.78. The first-order valence-corrected chi connectivity index (χ1v) is 12.1. The lowest BCUT2D eigenvalue weighted by atomic mass is 9.87. The van der Waals surface area contributed by atoms with Gasteiger partial charge in [-0.05, 0) is 53.3 Å². The first kappa shape index (κ1) is 26.4. The Hall–Kier alpha value is -2.84. The van der Waals surface area contributed by atoms with Crippen LogP contribution in [0.1, 0.15) is 42.5 Å². The van der Waals surface area contributed by atoms with Gasteiger partial charge in [0.15, 0.2) is 0 Å². The Kier molecular flexibility index (Phi) is 9.94. The number of nitrogens with one attached hydrogen (secondary N) is 2. The normalized spacial score (nSPS) is 10.5. The molecule has 0 unspecified atom stereocenters. The quantitative estimate of drug-likeness (QED) is 0.302. The third-order valence-electron chi connectivity index (χ3n) is 4.26. The van der Waals surface area contributed by atoms with Crippen LogP contribution in [-0.2, 0) is 15.0 Å². The summed E-state index contributed by atoms with van der Waals surface area (Å²) in [6.07, 6.45) is 3.61. The minimum atomic E-state index is -0.275. The molecule has 3 aromatic rings. The van der Waals surface area contributed by atoms with Crippen LogP contribution in [0.15, 0.2) is 59.6 Å². The number of nitrogens with zero attached hydrogens (tertiary/aromatic N) is 2. The molecule has 2 N–H and O–H groups in total. The molecule has 2 heterocycles. The molecule has 7 nitrogen and oxygen atoms in total. The Bertz CT molecular complexity index is 1130. The molecule has 0 atom stereocenters. The van der Waals surface area contributed by atoms with Crippen molar-refractivity contribution in [3.05, 3.63) is 76.7 Å². The van der Waals surface area contributed by atoms with E-state index >= 15 is 0 Å². The molecule has 0 radical (unpaired) electrons. The number of anilines is 2. The molecule has 3 rings (SSSR count). The van der Waals surface area contributed by atoms with Crippen molar-refractivity contribution >= 4 is 58.9 Å². The van der Waals surface area contributed by atoms with Gasteiger partial charge in [-0.3, -0.25) is 4.79 Å². The van der Waals surface area contributed by atoms with Crippen molar-refractivity contribution in [1.82, 2.24) is 9.97 Å². The number of hydrogen-bond acceptors (Lipinski definition) is 9. The number of rotatable bonds is 7. The third-order valence-corrected chi connectivity index (χ3v) is 5.71. The lowest BCUT2D eigenvalue weighted by Crippen LogP contribution is -2.10.